The number of carbonyl (C=O) groups excluding carboxylic acids is 1. The maximum atomic E-state index is 12.1. The molecule has 1 fully saturated rings. The van der Waals surface area contributed by atoms with E-state index < -0.39 is 4.32 Å². The van der Waals surface area contributed by atoms with Gasteiger partial charge in [0.05, 0.1) is 10.5 Å². The molecule has 2 rings (SSSR count). The first kappa shape index (κ1) is 13.3. The zero-order valence-corrected chi connectivity index (χ0v) is 12.2. The lowest BCUT2D eigenvalue weighted by Gasteiger charge is -2.37. The third kappa shape index (κ3) is 2.98. The summed E-state index contributed by atoms with van der Waals surface area (Å²) in [5.74, 6) is 1.02. The molecule has 0 spiro atoms. The average molecular weight is 313 g/mol. The molecule has 1 aromatic heterocycles. The smallest absolute Gasteiger partial charge is 0.239 e. The van der Waals surface area contributed by atoms with Crippen molar-refractivity contribution in [3.8, 4) is 0 Å². The van der Waals surface area contributed by atoms with E-state index in [9.17, 15) is 4.79 Å². The number of nitrogens with zero attached hydrogens (tertiary/aromatic N) is 4. The Morgan fingerprint density at radius 3 is 2.44 bits per heavy atom. The van der Waals surface area contributed by atoms with E-state index in [1.807, 2.05) is 18.7 Å². The molecule has 18 heavy (non-hydrogen) atoms. The van der Waals surface area contributed by atoms with E-state index in [0.717, 1.165) is 32.0 Å². The van der Waals surface area contributed by atoms with Gasteiger partial charge in [-0.15, -0.1) is 0 Å². The van der Waals surface area contributed by atoms with Gasteiger partial charge in [-0.2, -0.15) is 0 Å². The molecular formula is C12H17BrN4O. The summed E-state index contributed by atoms with van der Waals surface area (Å²) in [5, 5.41) is 0. The zero-order chi connectivity index (χ0) is 13.2. The van der Waals surface area contributed by atoms with E-state index in [4.69, 9.17) is 0 Å². The van der Waals surface area contributed by atoms with Crippen molar-refractivity contribution in [3.63, 3.8) is 0 Å². The van der Waals surface area contributed by atoms with Gasteiger partial charge in [0.15, 0.2) is 0 Å². The fourth-order valence-electron chi connectivity index (χ4n) is 1.97. The highest BCUT2D eigenvalue weighted by Crippen LogP contribution is 2.21. The zero-order valence-electron chi connectivity index (χ0n) is 10.6. The van der Waals surface area contributed by atoms with E-state index >= 15 is 0 Å². The summed E-state index contributed by atoms with van der Waals surface area (Å²) in [5.41, 5.74) is 0. The summed E-state index contributed by atoms with van der Waals surface area (Å²) in [4.78, 5) is 24.5. The molecule has 0 unspecified atom stereocenters. The number of amides is 1. The molecule has 1 aliphatic rings. The van der Waals surface area contributed by atoms with Crippen LogP contribution in [-0.4, -0.2) is 51.3 Å². The van der Waals surface area contributed by atoms with Crippen molar-refractivity contribution < 1.29 is 4.79 Å². The fraction of sp³-hybridized carbons (Fsp3) is 0.583. The minimum absolute atomic E-state index is 0.140. The highest BCUT2D eigenvalue weighted by atomic mass is 79.9. The van der Waals surface area contributed by atoms with Gasteiger partial charge in [-0.3, -0.25) is 9.78 Å². The van der Waals surface area contributed by atoms with Crippen molar-refractivity contribution in [2.45, 2.75) is 18.2 Å². The fourth-order valence-corrected chi connectivity index (χ4v) is 2.22. The molecule has 1 amide bonds. The number of carbonyl (C=O) groups is 1. The Bertz CT molecular complexity index is 410. The van der Waals surface area contributed by atoms with Crippen molar-refractivity contribution in [2.75, 3.05) is 31.1 Å². The second kappa shape index (κ2) is 5.22. The summed E-state index contributed by atoms with van der Waals surface area (Å²) in [6.45, 7) is 6.81. The highest BCUT2D eigenvalue weighted by Gasteiger charge is 2.31. The largest absolute Gasteiger partial charge is 0.352 e. The first-order chi connectivity index (χ1) is 8.48. The molecule has 98 valence electrons. The minimum Gasteiger partial charge on any atom is -0.352 e. The Morgan fingerprint density at radius 2 is 1.94 bits per heavy atom. The molecule has 1 aliphatic heterocycles. The van der Waals surface area contributed by atoms with Crippen LogP contribution in [0.3, 0.4) is 0 Å². The van der Waals surface area contributed by atoms with Gasteiger partial charge in [-0.1, -0.05) is 15.9 Å². The van der Waals surface area contributed by atoms with E-state index in [-0.39, 0.29) is 5.91 Å². The molecule has 2 heterocycles. The first-order valence-corrected chi connectivity index (χ1v) is 6.77. The van der Waals surface area contributed by atoms with Gasteiger partial charge >= 0.3 is 0 Å². The predicted octanol–water partition coefficient (Wildman–Crippen LogP) is 1.30. The van der Waals surface area contributed by atoms with Crippen LogP contribution in [0.2, 0.25) is 0 Å². The molecule has 0 radical (unpaired) electrons. The minimum atomic E-state index is -0.484. The van der Waals surface area contributed by atoms with Crippen molar-refractivity contribution >= 4 is 27.7 Å². The van der Waals surface area contributed by atoms with E-state index in [1.165, 1.54) is 0 Å². The summed E-state index contributed by atoms with van der Waals surface area (Å²) in [6.07, 6.45) is 5.11. The quantitative estimate of drug-likeness (QED) is 0.772. The van der Waals surface area contributed by atoms with Crippen LogP contribution in [0, 0.1) is 0 Å². The summed E-state index contributed by atoms with van der Waals surface area (Å²) in [7, 11) is 0. The second-order valence-corrected chi connectivity index (χ2v) is 6.80. The molecular weight excluding hydrogens is 296 g/mol. The Balaban J connectivity index is 1.95. The van der Waals surface area contributed by atoms with Crippen LogP contribution in [0.25, 0.3) is 0 Å². The summed E-state index contributed by atoms with van der Waals surface area (Å²) >= 11 is 3.41. The van der Waals surface area contributed by atoms with E-state index in [1.54, 1.807) is 18.6 Å². The van der Waals surface area contributed by atoms with Gasteiger partial charge in [0, 0.05) is 38.6 Å². The molecule has 1 saturated heterocycles. The number of aromatic nitrogens is 2. The molecule has 5 nitrogen and oxygen atoms in total. The maximum Gasteiger partial charge on any atom is 0.239 e. The van der Waals surface area contributed by atoms with Crippen LogP contribution in [0.4, 0.5) is 5.82 Å². The number of anilines is 1. The first-order valence-electron chi connectivity index (χ1n) is 5.98. The number of piperazine rings is 1. The van der Waals surface area contributed by atoms with Crippen molar-refractivity contribution in [1.29, 1.82) is 0 Å². The third-order valence-corrected chi connectivity index (χ3v) is 3.29. The predicted molar refractivity (Wildman–Crippen MR) is 73.8 cm³/mol. The molecule has 0 atom stereocenters. The summed E-state index contributed by atoms with van der Waals surface area (Å²) < 4.78 is -0.484. The van der Waals surface area contributed by atoms with Gasteiger partial charge in [0.2, 0.25) is 5.91 Å². The van der Waals surface area contributed by atoms with Crippen LogP contribution < -0.4 is 4.90 Å². The lowest BCUT2D eigenvalue weighted by molar-refractivity contribution is -0.133. The maximum absolute atomic E-state index is 12.1. The molecule has 0 N–H and O–H groups in total. The van der Waals surface area contributed by atoms with Crippen molar-refractivity contribution in [3.05, 3.63) is 18.6 Å². The van der Waals surface area contributed by atoms with Crippen molar-refractivity contribution in [1.82, 2.24) is 14.9 Å². The van der Waals surface area contributed by atoms with Crippen LogP contribution >= 0.6 is 15.9 Å². The van der Waals surface area contributed by atoms with Gasteiger partial charge < -0.3 is 9.80 Å². The van der Waals surface area contributed by atoms with Gasteiger partial charge in [-0.25, -0.2) is 4.98 Å². The van der Waals surface area contributed by atoms with Crippen molar-refractivity contribution in [2.24, 2.45) is 0 Å². The average Bonchev–Trinajstić information content (AvgIpc) is 2.38. The Kier molecular flexibility index (Phi) is 3.85. The lowest BCUT2D eigenvalue weighted by atomic mass is 10.1. The summed E-state index contributed by atoms with van der Waals surface area (Å²) in [6, 6.07) is 0. The van der Waals surface area contributed by atoms with Gasteiger partial charge in [-0.05, 0) is 13.8 Å². The Labute approximate surface area is 115 Å². The molecule has 0 saturated carbocycles. The molecule has 1 aromatic rings. The number of halogens is 1. The Morgan fingerprint density at radius 1 is 1.28 bits per heavy atom. The highest BCUT2D eigenvalue weighted by molar-refractivity contribution is 9.10. The van der Waals surface area contributed by atoms with Crippen LogP contribution in [0.5, 0.6) is 0 Å². The number of hydrogen-bond donors (Lipinski definition) is 0. The molecule has 0 aliphatic carbocycles. The number of alkyl halides is 1. The number of rotatable bonds is 2. The standard InChI is InChI=1S/C12H17BrN4O/c1-12(2,13)11(18)17-7-5-16(6-8-17)10-9-14-3-4-15-10/h3-4,9H,5-8H2,1-2H3. The second-order valence-electron chi connectivity index (χ2n) is 4.82. The molecule has 6 heteroatoms. The van der Waals surface area contributed by atoms with Crippen LogP contribution in [0.1, 0.15) is 13.8 Å². The SMILES string of the molecule is CC(C)(Br)C(=O)N1CCN(c2cnccn2)CC1. The topological polar surface area (TPSA) is 49.3 Å². The van der Waals surface area contributed by atoms with Crippen LogP contribution in [0.15, 0.2) is 18.6 Å². The van der Waals surface area contributed by atoms with E-state index in [2.05, 4.69) is 30.8 Å². The third-order valence-electron chi connectivity index (χ3n) is 2.95. The molecule has 0 bridgehead atoms. The lowest BCUT2D eigenvalue weighted by Crippen LogP contribution is -2.52. The Hall–Kier alpha value is -1.17. The monoisotopic (exact) mass is 312 g/mol. The number of hydrogen-bond acceptors (Lipinski definition) is 4. The molecule has 0 aromatic carbocycles. The van der Waals surface area contributed by atoms with E-state index in [0.29, 0.717) is 0 Å². The normalized spacial score (nSPS) is 16.8. The van der Waals surface area contributed by atoms with Crippen LogP contribution in [-0.2, 0) is 4.79 Å². The van der Waals surface area contributed by atoms with Gasteiger partial charge in [0.1, 0.15) is 5.82 Å². The van der Waals surface area contributed by atoms with Gasteiger partial charge in [0.25, 0.3) is 0 Å².